The van der Waals surface area contributed by atoms with Gasteiger partial charge in [-0.3, -0.25) is 14.9 Å². The first-order valence-corrected chi connectivity index (χ1v) is 6.14. The van der Waals surface area contributed by atoms with Gasteiger partial charge in [0.1, 0.15) is 5.88 Å². The molecular weight excluding hydrogens is 256 g/mol. The first kappa shape index (κ1) is 14.4. The number of halogens is 1. The highest BCUT2D eigenvalue weighted by Gasteiger charge is 2.19. The summed E-state index contributed by atoms with van der Waals surface area (Å²) < 4.78 is 0. The Hall–Kier alpha value is -1.62. The van der Waals surface area contributed by atoms with E-state index in [0.29, 0.717) is 6.54 Å². The molecular formula is C12H15ClN2O3. The summed E-state index contributed by atoms with van der Waals surface area (Å²) >= 11 is 5.54. The van der Waals surface area contributed by atoms with E-state index in [9.17, 15) is 14.9 Å². The Bertz CT molecular complexity index is 433. The summed E-state index contributed by atoms with van der Waals surface area (Å²) in [5.41, 5.74) is 0.888. The van der Waals surface area contributed by atoms with Crippen LogP contribution >= 0.6 is 11.6 Å². The lowest BCUT2D eigenvalue weighted by molar-refractivity contribution is -0.384. The van der Waals surface area contributed by atoms with E-state index >= 15 is 0 Å². The summed E-state index contributed by atoms with van der Waals surface area (Å²) in [6, 6.07) is 6.04. The minimum atomic E-state index is -0.448. The van der Waals surface area contributed by atoms with Crippen molar-refractivity contribution in [1.29, 1.82) is 0 Å². The SMILES string of the molecule is CCN(C(=O)CCl)C(C)c1ccc([N+](=O)[O-])cc1. The second-order valence-electron chi connectivity index (χ2n) is 3.84. The van der Waals surface area contributed by atoms with Crippen molar-refractivity contribution in [3.63, 3.8) is 0 Å². The number of rotatable bonds is 5. The number of carbonyl (C=O) groups excluding carboxylic acids is 1. The number of nitro groups is 1. The minimum Gasteiger partial charge on any atom is -0.335 e. The number of hydrogen-bond acceptors (Lipinski definition) is 3. The highest BCUT2D eigenvalue weighted by Crippen LogP contribution is 2.22. The molecule has 18 heavy (non-hydrogen) atoms. The Balaban J connectivity index is 2.91. The maximum atomic E-state index is 11.6. The predicted octanol–water partition coefficient (Wildman–Crippen LogP) is 2.74. The van der Waals surface area contributed by atoms with Crippen LogP contribution in [0.25, 0.3) is 0 Å². The quantitative estimate of drug-likeness (QED) is 0.469. The third kappa shape index (κ3) is 3.20. The summed E-state index contributed by atoms with van der Waals surface area (Å²) in [6.07, 6.45) is 0. The van der Waals surface area contributed by atoms with Crippen molar-refractivity contribution in [2.24, 2.45) is 0 Å². The molecule has 0 aliphatic rings. The van der Waals surface area contributed by atoms with Crippen molar-refractivity contribution >= 4 is 23.2 Å². The first-order valence-electron chi connectivity index (χ1n) is 5.61. The van der Waals surface area contributed by atoms with Gasteiger partial charge in [0.15, 0.2) is 0 Å². The molecule has 0 aromatic heterocycles. The molecule has 1 amide bonds. The van der Waals surface area contributed by atoms with E-state index in [2.05, 4.69) is 0 Å². The van der Waals surface area contributed by atoms with Gasteiger partial charge in [0, 0.05) is 18.7 Å². The maximum Gasteiger partial charge on any atom is 0.269 e. The molecule has 0 bridgehead atoms. The van der Waals surface area contributed by atoms with Gasteiger partial charge in [0.25, 0.3) is 5.69 Å². The van der Waals surface area contributed by atoms with Crippen LogP contribution in [0.5, 0.6) is 0 Å². The maximum absolute atomic E-state index is 11.6. The molecule has 0 aliphatic heterocycles. The molecule has 0 saturated heterocycles. The molecule has 6 heteroatoms. The van der Waals surface area contributed by atoms with Crippen molar-refractivity contribution in [1.82, 2.24) is 4.90 Å². The number of nitrogens with zero attached hydrogens (tertiary/aromatic N) is 2. The Morgan fingerprint density at radius 1 is 1.44 bits per heavy atom. The lowest BCUT2D eigenvalue weighted by Crippen LogP contribution is -2.34. The Morgan fingerprint density at radius 2 is 2.00 bits per heavy atom. The molecule has 0 spiro atoms. The highest BCUT2D eigenvalue weighted by atomic mass is 35.5. The van der Waals surface area contributed by atoms with Crippen LogP contribution in [0.1, 0.15) is 25.5 Å². The zero-order valence-corrected chi connectivity index (χ0v) is 11.1. The fourth-order valence-electron chi connectivity index (χ4n) is 1.80. The highest BCUT2D eigenvalue weighted by molar-refractivity contribution is 6.27. The fourth-order valence-corrected chi connectivity index (χ4v) is 1.95. The van der Waals surface area contributed by atoms with Gasteiger partial charge in [-0.15, -0.1) is 11.6 Å². The summed E-state index contributed by atoms with van der Waals surface area (Å²) in [7, 11) is 0. The third-order valence-corrected chi connectivity index (χ3v) is 3.06. The lowest BCUT2D eigenvalue weighted by Gasteiger charge is -2.27. The predicted molar refractivity (Wildman–Crippen MR) is 69.6 cm³/mol. The fraction of sp³-hybridized carbons (Fsp3) is 0.417. The molecule has 1 unspecified atom stereocenters. The van der Waals surface area contributed by atoms with Gasteiger partial charge < -0.3 is 4.90 Å². The van der Waals surface area contributed by atoms with E-state index in [-0.39, 0.29) is 23.5 Å². The van der Waals surface area contributed by atoms with Gasteiger partial charge in [-0.1, -0.05) is 12.1 Å². The summed E-state index contributed by atoms with van der Waals surface area (Å²) in [4.78, 5) is 23.4. The zero-order chi connectivity index (χ0) is 13.7. The molecule has 1 rings (SSSR count). The first-order chi connectivity index (χ1) is 8.51. The smallest absolute Gasteiger partial charge is 0.269 e. The number of alkyl halides is 1. The van der Waals surface area contributed by atoms with Gasteiger partial charge in [0.05, 0.1) is 11.0 Å². The van der Waals surface area contributed by atoms with Gasteiger partial charge in [-0.2, -0.15) is 0 Å². The van der Waals surface area contributed by atoms with Crippen LogP contribution in [0.2, 0.25) is 0 Å². The van der Waals surface area contributed by atoms with Crippen molar-refractivity contribution in [3.05, 3.63) is 39.9 Å². The standard InChI is InChI=1S/C12H15ClN2O3/c1-3-14(12(16)8-13)9(2)10-4-6-11(7-5-10)15(17)18/h4-7,9H,3,8H2,1-2H3. The van der Waals surface area contributed by atoms with Crippen LogP contribution < -0.4 is 0 Å². The molecule has 1 aromatic carbocycles. The molecule has 0 radical (unpaired) electrons. The topological polar surface area (TPSA) is 63.5 Å². The zero-order valence-electron chi connectivity index (χ0n) is 10.3. The van der Waals surface area contributed by atoms with E-state index in [1.807, 2.05) is 13.8 Å². The second kappa shape index (κ2) is 6.35. The number of amides is 1. The monoisotopic (exact) mass is 270 g/mol. The molecule has 0 aliphatic carbocycles. The van der Waals surface area contributed by atoms with Crippen LogP contribution in [0.4, 0.5) is 5.69 Å². The third-order valence-electron chi connectivity index (χ3n) is 2.83. The van der Waals surface area contributed by atoms with Crippen molar-refractivity contribution in [2.75, 3.05) is 12.4 Å². The summed E-state index contributed by atoms with van der Waals surface area (Å²) in [6.45, 7) is 4.28. The number of carbonyl (C=O) groups is 1. The van der Waals surface area contributed by atoms with Crippen LogP contribution in [-0.2, 0) is 4.79 Å². The average molecular weight is 271 g/mol. The van der Waals surface area contributed by atoms with Gasteiger partial charge in [-0.05, 0) is 19.4 Å². The average Bonchev–Trinajstić information content (AvgIpc) is 2.39. The van der Waals surface area contributed by atoms with E-state index in [1.165, 1.54) is 12.1 Å². The minimum absolute atomic E-state index is 0.0395. The van der Waals surface area contributed by atoms with Crippen molar-refractivity contribution in [2.45, 2.75) is 19.9 Å². The molecule has 5 nitrogen and oxygen atoms in total. The largest absolute Gasteiger partial charge is 0.335 e. The van der Waals surface area contributed by atoms with E-state index < -0.39 is 4.92 Å². The van der Waals surface area contributed by atoms with Gasteiger partial charge in [-0.25, -0.2) is 0 Å². The second-order valence-corrected chi connectivity index (χ2v) is 4.11. The molecule has 0 heterocycles. The normalized spacial score (nSPS) is 11.9. The molecule has 1 atom stereocenters. The van der Waals surface area contributed by atoms with Crippen LogP contribution in [0.15, 0.2) is 24.3 Å². The Morgan fingerprint density at radius 3 is 2.39 bits per heavy atom. The number of benzene rings is 1. The van der Waals surface area contributed by atoms with Crippen molar-refractivity contribution in [3.8, 4) is 0 Å². The van der Waals surface area contributed by atoms with Crippen LogP contribution in [0.3, 0.4) is 0 Å². The molecule has 98 valence electrons. The number of non-ortho nitro benzene ring substituents is 1. The lowest BCUT2D eigenvalue weighted by atomic mass is 10.1. The summed E-state index contributed by atoms with van der Waals surface area (Å²) in [5, 5.41) is 10.6. The molecule has 0 saturated carbocycles. The van der Waals surface area contributed by atoms with Gasteiger partial charge in [0.2, 0.25) is 5.91 Å². The van der Waals surface area contributed by atoms with Crippen LogP contribution in [-0.4, -0.2) is 28.2 Å². The molecule has 0 N–H and O–H groups in total. The summed E-state index contributed by atoms with van der Waals surface area (Å²) in [5.74, 6) is -0.212. The van der Waals surface area contributed by atoms with Gasteiger partial charge >= 0.3 is 0 Å². The molecule has 1 aromatic rings. The Labute approximate surface area is 110 Å². The molecule has 0 fully saturated rings. The number of nitro benzene ring substituents is 1. The van der Waals surface area contributed by atoms with Crippen LogP contribution in [0, 0.1) is 10.1 Å². The van der Waals surface area contributed by atoms with E-state index in [0.717, 1.165) is 5.56 Å². The van der Waals surface area contributed by atoms with Crippen molar-refractivity contribution < 1.29 is 9.72 Å². The Kier molecular flexibility index (Phi) is 5.09. The number of hydrogen-bond donors (Lipinski definition) is 0. The van der Waals surface area contributed by atoms with E-state index in [1.54, 1.807) is 17.0 Å². The van der Waals surface area contributed by atoms with E-state index in [4.69, 9.17) is 11.6 Å².